The molecular weight excluding hydrogens is 242 g/mol. The third kappa shape index (κ3) is 4.40. The molecule has 0 bridgehead atoms. The molecule has 0 aliphatic carbocycles. The molecule has 3 N–H and O–H groups in total. The highest BCUT2D eigenvalue weighted by atomic mass is 19.3. The Morgan fingerprint density at radius 1 is 1.39 bits per heavy atom. The Bertz CT molecular complexity index is 388. The molecule has 5 nitrogen and oxygen atoms in total. The zero-order valence-corrected chi connectivity index (χ0v) is 10.5. The van der Waals surface area contributed by atoms with E-state index in [1.54, 1.807) is 6.92 Å². The molecule has 0 unspecified atom stereocenters. The molecule has 0 saturated carbocycles. The Kier molecular flexibility index (Phi) is 5.70. The van der Waals surface area contributed by atoms with Gasteiger partial charge in [0.15, 0.2) is 0 Å². The van der Waals surface area contributed by atoms with Crippen LogP contribution in [0.1, 0.15) is 18.3 Å². The number of alkyl halides is 2. The van der Waals surface area contributed by atoms with E-state index >= 15 is 0 Å². The van der Waals surface area contributed by atoms with Crippen LogP contribution in [0, 0.1) is 6.92 Å². The molecular formula is C11H18F2N4O. The summed E-state index contributed by atoms with van der Waals surface area (Å²) in [4.78, 5) is 8.39. The molecule has 0 amide bonds. The van der Waals surface area contributed by atoms with Gasteiger partial charge in [0, 0.05) is 18.5 Å². The molecule has 1 aromatic heterocycles. The van der Waals surface area contributed by atoms with Gasteiger partial charge in [-0.2, -0.15) is 0 Å². The van der Waals surface area contributed by atoms with E-state index in [1.807, 2.05) is 6.92 Å². The molecule has 1 rings (SSSR count). The standard InChI is InChI=1S/C11H18F2N4O/c1-3-9-16-10(14)7(2)11(17-9)15-4-5-18-6-8(12)13/h8H,3-6H2,1-2H3,(H3,14,15,16,17). The molecule has 0 atom stereocenters. The Morgan fingerprint density at radius 2 is 2.11 bits per heavy atom. The molecule has 0 aliphatic heterocycles. The van der Waals surface area contributed by atoms with Crippen LogP contribution in [0.3, 0.4) is 0 Å². The first kappa shape index (κ1) is 14.6. The quantitative estimate of drug-likeness (QED) is 0.729. The number of nitrogens with two attached hydrogens (primary N) is 1. The molecule has 0 fully saturated rings. The molecule has 0 aliphatic rings. The zero-order valence-electron chi connectivity index (χ0n) is 10.5. The van der Waals surface area contributed by atoms with Crippen LogP contribution in [-0.4, -0.2) is 36.2 Å². The van der Waals surface area contributed by atoms with Crippen molar-refractivity contribution in [1.82, 2.24) is 9.97 Å². The lowest BCUT2D eigenvalue weighted by Crippen LogP contribution is -2.15. The molecule has 1 heterocycles. The van der Waals surface area contributed by atoms with Crippen molar-refractivity contribution in [2.24, 2.45) is 0 Å². The van der Waals surface area contributed by atoms with Gasteiger partial charge >= 0.3 is 0 Å². The second-order valence-corrected chi connectivity index (χ2v) is 3.75. The Balaban J connectivity index is 2.48. The summed E-state index contributed by atoms with van der Waals surface area (Å²) in [7, 11) is 0. The molecule has 18 heavy (non-hydrogen) atoms. The van der Waals surface area contributed by atoms with Gasteiger partial charge in [0.1, 0.15) is 24.1 Å². The topological polar surface area (TPSA) is 73.1 Å². The lowest BCUT2D eigenvalue weighted by Gasteiger charge is -2.11. The molecule has 0 spiro atoms. The summed E-state index contributed by atoms with van der Waals surface area (Å²) in [5.41, 5.74) is 6.50. The third-order valence-electron chi connectivity index (χ3n) is 2.33. The predicted molar refractivity (Wildman–Crippen MR) is 65.9 cm³/mol. The van der Waals surface area contributed by atoms with Gasteiger partial charge in [-0.25, -0.2) is 18.7 Å². The lowest BCUT2D eigenvalue weighted by atomic mass is 10.3. The van der Waals surface area contributed by atoms with Crippen molar-refractivity contribution in [3.8, 4) is 0 Å². The van der Waals surface area contributed by atoms with Gasteiger partial charge in [-0.1, -0.05) is 6.92 Å². The van der Waals surface area contributed by atoms with Gasteiger partial charge in [0.25, 0.3) is 6.43 Å². The molecule has 0 radical (unpaired) electrons. The number of hydrogen-bond donors (Lipinski definition) is 2. The van der Waals surface area contributed by atoms with Crippen molar-refractivity contribution < 1.29 is 13.5 Å². The van der Waals surface area contributed by atoms with Crippen LogP contribution in [-0.2, 0) is 11.2 Å². The normalized spacial score (nSPS) is 10.9. The summed E-state index contributed by atoms with van der Waals surface area (Å²) in [5, 5.41) is 3.00. The Hall–Kier alpha value is -1.50. The molecule has 7 heteroatoms. The van der Waals surface area contributed by atoms with Crippen molar-refractivity contribution in [1.29, 1.82) is 0 Å². The summed E-state index contributed by atoms with van der Waals surface area (Å²) in [6.45, 7) is 3.77. The minimum absolute atomic E-state index is 0.190. The summed E-state index contributed by atoms with van der Waals surface area (Å²) < 4.78 is 28.4. The number of halogens is 2. The van der Waals surface area contributed by atoms with E-state index in [2.05, 4.69) is 15.3 Å². The second kappa shape index (κ2) is 7.05. The van der Waals surface area contributed by atoms with Gasteiger partial charge in [-0.15, -0.1) is 0 Å². The van der Waals surface area contributed by atoms with Gasteiger partial charge in [-0.05, 0) is 6.92 Å². The minimum atomic E-state index is -2.44. The fourth-order valence-electron chi connectivity index (χ4n) is 1.33. The van der Waals surface area contributed by atoms with Crippen LogP contribution in [0.4, 0.5) is 20.4 Å². The summed E-state index contributed by atoms with van der Waals surface area (Å²) in [6.07, 6.45) is -1.76. The highest BCUT2D eigenvalue weighted by Gasteiger charge is 2.07. The largest absolute Gasteiger partial charge is 0.383 e. The van der Waals surface area contributed by atoms with Crippen LogP contribution in [0.2, 0.25) is 0 Å². The molecule has 102 valence electrons. The van der Waals surface area contributed by atoms with Gasteiger partial charge in [-0.3, -0.25) is 0 Å². The minimum Gasteiger partial charge on any atom is -0.383 e. The van der Waals surface area contributed by atoms with E-state index in [1.165, 1.54) is 0 Å². The van der Waals surface area contributed by atoms with Crippen LogP contribution in [0.15, 0.2) is 0 Å². The lowest BCUT2D eigenvalue weighted by molar-refractivity contribution is 0.0214. The maximum atomic E-state index is 11.8. The van der Waals surface area contributed by atoms with Crippen molar-refractivity contribution in [2.45, 2.75) is 26.7 Å². The number of nitrogens with zero attached hydrogens (tertiary/aromatic N) is 2. The van der Waals surface area contributed by atoms with Crippen LogP contribution in [0.25, 0.3) is 0 Å². The van der Waals surface area contributed by atoms with E-state index < -0.39 is 13.0 Å². The number of aromatic nitrogens is 2. The first-order chi connectivity index (χ1) is 8.54. The Labute approximate surface area is 105 Å². The number of rotatable bonds is 7. The molecule has 1 aromatic rings. The van der Waals surface area contributed by atoms with E-state index in [9.17, 15) is 8.78 Å². The van der Waals surface area contributed by atoms with E-state index in [4.69, 9.17) is 10.5 Å². The maximum Gasteiger partial charge on any atom is 0.261 e. The van der Waals surface area contributed by atoms with Crippen molar-refractivity contribution >= 4 is 11.6 Å². The van der Waals surface area contributed by atoms with Crippen molar-refractivity contribution in [2.75, 3.05) is 30.8 Å². The van der Waals surface area contributed by atoms with E-state index in [-0.39, 0.29) is 6.61 Å². The fraction of sp³-hybridized carbons (Fsp3) is 0.636. The van der Waals surface area contributed by atoms with Gasteiger partial charge in [0.05, 0.1) is 6.61 Å². The summed E-state index contributed by atoms with van der Waals surface area (Å²) in [6, 6.07) is 0. The molecule has 0 saturated heterocycles. The van der Waals surface area contributed by atoms with Crippen LogP contribution in [0.5, 0.6) is 0 Å². The third-order valence-corrected chi connectivity index (χ3v) is 2.33. The predicted octanol–water partition coefficient (Wildman–Crippen LogP) is 1.62. The van der Waals surface area contributed by atoms with Crippen molar-refractivity contribution in [3.63, 3.8) is 0 Å². The zero-order chi connectivity index (χ0) is 13.5. The number of hydrogen-bond acceptors (Lipinski definition) is 5. The number of aryl methyl sites for hydroxylation is 1. The highest BCUT2D eigenvalue weighted by Crippen LogP contribution is 2.16. The summed E-state index contributed by atoms with van der Waals surface area (Å²) >= 11 is 0. The maximum absolute atomic E-state index is 11.8. The smallest absolute Gasteiger partial charge is 0.261 e. The van der Waals surface area contributed by atoms with Crippen LogP contribution < -0.4 is 11.1 Å². The number of nitrogens with one attached hydrogen (secondary N) is 1. The Morgan fingerprint density at radius 3 is 2.72 bits per heavy atom. The average molecular weight is 260 g/mol. The fourth-order valence-corrected chi connectivity index (χ4v) is 1.33. The molecule has 0 aromatic carbocycles. The summed E-state index contributed by atoms with van der Waals surface area (Å²) in [5.74, 6) is 1.70. The number of anilines is 2. The SMILES string of the molecule is CCc1nc(N)c(C)c(NCCOCC(F)F)n1. The van der Waals surface area contributed by atoms with E-state index in [0.717, 1.165) is 5.56 Å². The number of nitrogen functional groups attached to an aromatic ring is 1. The number of ether oxygens (including phenoxy) is 1. The van der Waals surface area contributed by atoms with Gasteiger partial charge in [0.2, 0.25) is 0 Å². The van der Waals surface area contributed by atoms with E-state index in [0.29, 0.717) is 30.4 Å². The van der Waals surface area contributed by atoms with Crippen molar-refractivity contribution in [3.05, 3.63) is 11.4 Å². The highest BCUT2D eigenvalue weighted by molar-refractivity contribution is 5.54. The van der Waals surface area contributed by atoms with Gasteiger partial charge < -0.3 is 15.8 Å². The monoisotopic (exact) mass is 260 g/mol. The first-order valence-electron chi connectivity index (χ1n) is 5.77. The van der Waals surface area contributed by atoms with Crippen LogP contribution >= 0.6 is 0 Å². The first-order valence-corrected chi connectivity index (χ1v) is 5.77. The average Bonchev–Trinajstić information content (AvgIpc) is 2.33. The second-order valence-electron chi connectivity index (χ2n) is 3.75.